The second kappa shape index (κ2) is 8.51. The van der Waals surface area contributed by atoms with Crippen LogP contribution in [-0.4, -0.2) is 36.4 Å². The van der Waals surface area contributed by atoms with Gasteiger partial charge in [-0.25, -0.2) is 9.59 Å². The summed E-state index contributed by atoms with van der Waals surface area (Å²) in [7, 11) is 0. The lowest BCUT2D eigenvalue weighted by Crippen LogP contribution is -2.46. The second-order valence-electron chi connectivity index (χ2n) is 2.96. The molecular weight excluding hydrogens is 244 g/mol. The maximum absolute atomic E-state index is 11.3. The Hall–Kier alpha value is -1.63. The van der Waals surface area contributed by atoms with E-state index in [0.717, 1.165) is 0 Å². The second-order valence-corrected chi connectivity index (χ2v) is 3.37. The van der Waals surface area contributed by atoms with Gasteiger partial charge in [0.2, 0.25) is 0 Å². The van der Waals surface area contributed by atoms with E-state index >= 15 is 0 Å². The fourth-order valence-electron chi connectivity index (χ4n) is 0.818. The van der Waals surface area contributed by atoms with Gasteiger partial charge in [-0.3, -0.25) is 5.32 Å². The van der Waals surface area contributed by atoms with Crippen molar-refractivity contribution in [3.05, 3.63) is 12.7 Å². The number of hydrogen-bond acceptors (Lipinski definition) is 5. The molecule has 0 aromatic carbocycles. The number of esters is 1. The van der Waals surface area contributed by atoms with Crippen LogP contribution in [0.3, 0.4) is 0 Å². The van der Waals surface area contributed by atoms with Crippen molar-refractivity contribution in [3.63, 3.8) is 0 Å². The van der Waals surface area contributed by atoms with Gasteiger partial charge in [-0.2, -0.15) is 0 Å². The first-order valence-corrected chi connectivity index (χ1v) is 5.43. The van der Waals surface area contributed by atoms with Crippen molar-refractivity contribution in [2.24, 2.45) is 0 Å². The normalized spacial score (nSPS) is 10.9. The van der Waals surface area contributed by atoms with Crippen molar-refractivity contribution in [1.82, 2.24) is 10.6 Å². The van der Waals surface area contributed by atoms with Crippen LogP contribution in [0.5, 0.6) is 0 Å². The van der Waals surface area contributed by atoms with Crippen LogP contribution >= 0.6 is 12.2 Å². The van der Waals surface area contributed by atoms with Gasteiger partial charge in [-0.1, -0.05) is 12.7 Å². The van der Waals surface area contributed by atoms with Crippen LogP contribution in [0, 0.1) is 0 Å². The minimum Gasteiger partial charge on any atom is -0.460 e. The Morgan fingerprint density at radius 1 is 1.47 bits per heavy atom. The highest BCUT2D eigenvalue weighted by Gasteiger charge is 2.15. The number of thiocarbonyl (C=S) groups is 1. The fraction of sp³-hybridized carbons (Fsp3) is 0.500. The number of carbonyl (C=O) groups excluding carboxylic acids is 2. The first kappa shape index (κ1) is 15.4. The minimum atomic E-state index is -0.670. The van der Waals surface area contributed by atoms with E-state index < -0.39 is 18.1 Å². The third kappa shape index (κ3) is 7.29. The molecule has 0 aromatic heterocycles. The molecule has 0 saturated carbocycles. The maximum atomic E-state index is 11.3. The van der Waals surface area contributed by atoms with Gasteiger partial charge < -0.3 is 14.8 Å². The highest BCUT2D eigenvalue weighted by atomic mass is 32.1. The van der Waals surface area contributed by atoms with Crippen LogP contribution in [0.2, 0.25) is 0 Å². The monoisotopic (exact) mass is 260 g/mol. The first-order chi connectivity index (χ1) is 8.01. The molecule has 0 aromatic rings. The Kier molecular flexibility index (Phi) is 7.70. The van der Waals surface area contributed by atoms with Crippen molar-refractivity contribution >= 4 is 29.4 Å². The third-order valence-electron chi connectivity index (χ3n) is 1.54. The highest BCUT2D eigenvalue weighted by Crippen LogP contribution is 1.89. The number of ether oxygens (including phenoxy) is 2. The molecule has 0 bridgehead atoms. The molecule has 96 valence electrons. The SMILES string of the molecule is C=CCOC(=O)C(C)NC(=S)NC(=O)OCC. The van der Waals surface area contributed by atoms with Crippen molar-refractivity contribution < 1.29 is 19.1 Å². The standard InChI is InChI=1S/C10H16N2O4S/c1-4-6-16-8(13)7(3)11-9(17)12-10(14)15-5-2/h4,7H,1,5-6H2,2-3H3,(H2,11,12,14,17). The maximum Gasteiger partial charge on any atom is 0.413 e. The summed E-state index contributed by atoms with van der Waals surface area (Å²) in [5, 5.41) is 4.85. The zero-order valence-electron chi connectivity index (χ0n) is 9.82. The molecule has 17 heavy (non-hydrogen) atoms. The smallest absolute Gasteiger partial charge is 0.413 e. The third-order valence-corrected chi connectivity index (χ3v) is 1.76. The summed E-state index contributed by atoms with van der Waals surface area (Å²) in [6.45, 7) is 7.02. The van der Waals surface area contributed by atoms with Crippen molar-refractivity contribution in [2.45, 2.75) is 19.9 Å². The number of hydrogen-bond donors (Lipinski definition) is 2. The lowest BCUT2D eigenvalue weighted by atomic mass is 10.3. The van der Waals surface area contributed by atoms with E-state index in [0.29, 0.717) is 0 Å². The number of amides is 1. The Balaban J connectivity index is 3.98. The molecule has 0 saturated heterocycles. The molecule has 7 heteroatoms. The van der Waals surface area contributed by atoms with E-state index in [1.807, 2.05) is 0 Å². The molecule has 1 atom stereocenters. The van der Waals surface area contributed by atoms with E-state index in [-0.39, 0.29) is 18.3 Å². The van der Waals surface area contributed by atoms with E-state index in [2.05, 4.69) is 21.9 Å². The van der Waals surface area contributed by atoms with E-state index in [1.165, 1.54) is 6.08 Å². The molecule has 0 spiro atoms. The number of nitrogens with one attached hydrogen (secondary N) is 2. The summed E-state index contributed by atoms with van der Waals surface area (Å²) in [5.41, 5.74) is 0. The summed E-state index contributed by atoms with van der Waals surface area (Å²) < 4.78 is 9.40. The average molecular weight is 260 g/mol. The zero-order chi connectivity index (χ0) is 13.3. The molecule has 0 rings (SSSR count). The van der Waals surface area contributed by atoms with Gasteiger partial charge in [0.1, 0.15) is 12.6 Å². The van der Waals surface area contributed by atoms with Crippen LogP contribution in [0.4, 0.5) is 4.79 Å². The minimum absolute atomic E-state index is 0.00602. The van der Waals surface area contributed by atoms with Gasteiger partial charge in [0, 0.05) is 0 Å². The number of carbonyl (C=O) groups is 2. The Bertz CT molecular complexity index is 307. The van der Waals surface area contributed by atoms with Gasteiger partial charge in [0.25, 0.3) is 0 Å². The van der Waals surface area contributed by atoms with Crippen LogP contribution in [0.1, 0.15) is 13.8 Å². The van der Waals surface area contributed by atoms with Gasteiger partial charge in [0.15, 0.2) is 5.11 Å². The zero-order valence-corrected chi connectivity index (χ0v) is 10.6. The predicted octanol–water partition coefficient (Wildman–Crippen LogP) is 0.725. The predicted molar refractivity (Wildman–Crippen MR) is 66.5 cm³/mol. The summed E-state index contributed by atoms with van der Waals surface area (Å²) in [6, 6.07) is -0.663. The molecule has 1 amide bonds. The quantitative estimate of drug-likeness (QED) is 0.431. The molecular formula is C10H16N2O4S. The molecule has 6 nitrogen and oxygen atoms in total. The van der Waals surface area contributed by atoms with Crippen LogP contribution in [0.15, 0.2) is 12.7 Å². The largest absolute Gasteiger partial charge is 0.460 e. The first-order valence-electron chi connectivity index (χ1n) is 5.03. The topological polar surface area (TPSA) is 76.7 Å². The summed E-state index contributed by atoms with van der Waals surface area (Å²) in [4.78, 5) is 22.3. The molecule has 0 aliphatic heterocycles. The highest BCUT2D eigenvalue weighted by molar-refractivity contribution is 7.80. The van der Waals surface area contributed by atoms with Gasteiger partial charge in [-0.15, -0.1) is 0 Å². The molecule has 0 aliphatic rings. The molecule has 0 radical (unpaired) electrons. The van der Waals surface area contributed by atoms with Crippen LogP contribution < -0.4 is 10.6 Å². The van der Waals surface area contributed by atoms with Crippen LogP contribution in [-0.2, 0) is 14.3 Å². The fourth-order valence-corrected chi connectivity index (χ4v) is 1.08. The number of alkyl carbamates (subject to hydrolysis) is 1. The molecule has 0 heterocycles. The van der Waals surface area contributed by atoms with E-state index in [9.17, 15) is 9.59 Å². The average Bonchev–Trinajstić information content (AvgIpc) is 2.25. The van der Waals surface area contributed by atoms with Crippen LogP contribution in [0.25, 0.3) is 0 Å². The lowest BCUT2D eigenvalue weighted by Gasteiger charge is -2.14. The van der Waals surface area contributed by atoms with Gasteiger partial charge >= 0.3 is 12.1 Å². The molecule has 0 fully saturated rings. The summed E-state index contributed by atoms with van der Waals surface area (Å²) >= 11 is 4.80. The number of rotatable bonds is 5. The Morgan fingerprint density at radius 2 is 2.12 bits per heavy atom. The van der Waals surface area contributed by atoms with E-state index in [1.54, 1.807) is 13.8 Å². The molecule has 0 aliphatic carbocycles. The van der Waals surface area contributed by atoms with Crippen molar-refractivity contribution in [3.8, 4) is 0 Å². The van der Waals surface area contributed by atoms with Gasteiger partial charge in [0.05, 0.1) is 6.61 Å². The summed E-state index contributed by atoms with van der Waals surface area (Å²) in [6.07, 6.45) is 0.788. The molecule has 1 unspecified atom stereocenters. The van der Waals surface area contributed by atoms with E-state index in [4.69, 9.17) is 17.0 Å². The van der Waals surface area contributed by atoms with Gasteiger partial charge in [-0.05, 0) is 26.1 Å². The van der Waals surface area contributed by atoms with Crippen molar-refractivity contribution in [2.75, 3.05) is 13.2 Å². The Morgan fingerprint density at radius 3 is 2.65 bits per heavy atom. The summed E-state index contributed by atoms with van der Waals surface area (Å²) in [5.74, 6) is -0.488. The molecule has 2 N–H and O–H groups in total. The van der Waals surface area contributed by atoms with Crippen molar-refractivity contribution in [1.29, 1.82) is 0 Å². The Labute approximate surface area is 105 Å². The lowest BCUT2D eigenvalue weighted by molar-refractivity contribution is -0.144.